The Kier molecular flexibility index (Phi) is 3.16. The van der Waals surface area contributed by atoms with Crippen LogP contribution in [0, 0.1) is 6.92 Å². The van der Waals surface area contributed by atoms with Gasteiger partial charge in [-0.1, -0.05) is 30.3 Å². The minimum Gasteiger partial charge on any atom is -0.292 e. The third kappa shape index (κ3) is 2.32. The molecule has 0 radical (unpaired) electrons. The van der Waals surface area contributed by atoms with Crippen molar-refractivity contribution in [2.24, 2.45) is 0 Å². The molecular weight excluding hydrogens is 228 g/mol. The fourth-order valence-corrected chi connectivity index (χ4v) is 2.82. The summed E-state index contributed by atoms with van der Waals surface area (Å²) in [6.45, 7) is 6.00. The lowest BCUT2D eigenvalue weighted by Gasteiger charge is -2.22. The van der Waals surface area contributed by atoms with Gasteiger partial charge in [0.25, 0.3) is 0 Å². The van der Waals surface area contributed by atoms with Gasteiger partial charge in [-0.2, -0.15) is 0 Å². The minimum absolute atomic E-state index is 0.196. The van der Waals surface area contributed by atoms with Crippen LogP contribution in [0.3, 0.4) is 0 Å². The van der Waals surface area contributed by atoms with Crippen LogP contribution in [0.5, 0.6) is 0 Å². The van der Waals surface area contributed by atoms with Gasteiger partial charge in [-0.15, -0.1) is 11.3 Å². The zero-order chi connectivity index (χ0) is 12.5. The van der Waals surface area contributed by atoms with E-state index < -0.39 is 5.41 Å². The van der Waals surface area contributed by atoms with Gasteiger partial charge in [-0.3, -0.25) is 4.79 Å². The fourth-order valence-electron chi connectivity index (χ4n) is 1.85. The summed E-state index contributed by atoms with van der Waals surface area (Å²) in [6.07, 6.45) is 0. The number of hydrogen-bond acceptors (Lipinski definition) is 2. The first kappa shape index (κ1) is 12.1. The van der Waals surface area contributed by atoms with E-state index in [1.165, 1.54) is 4.88 Å². The van der Waals surface area contributed by atoms with Gasteiger partial charge in [0.15, 0.2) is 5.78 Å². The van der Waals surface area contributed by atoms with Gasteiger partial charge >= 0.3 is 0 Å². The largest absolute Gasteiger partial charge is 0.292 e. The number of rotatable bonds is 3. The number of thiophene rings is 1. The maximum atomic E-state index is 12.5. The Morgan fingerprint density at radius 2 is 1.71 bits per heavy atom. The van der Waals surface area contributed by atoms with E-state index in [9.17, 15) is 4.79 Å². The van der Waals surface area contributed by atoms with Crippen LogP contribution in [0.25, 0.3) is 0 Å². The van der Waals surface area contributed by atoms with Crippen LogP contribution in [0.2, 0.25) is 0 Å². The Labute approximate surface area is 106 Å². The number of Topliss-reactive ketones (excluding diaryl/α,β-unsaturated/α-hetero) is 1. The second kappa shape index (κ2) is 4.46. The van der Waals surface area contributed by atoms with Crippen LogP contribution in [-0.4, -0.2) is 5.78 Å². The molecule has 0 spiro atoms. The second-order valence-electron chi connectivity index (χ2n) is 4.73. The molecule has 0 amide bonds. The predicted octanol–water partition coefficient (Wildman–Crippen LogP) is 4.22. The molecule has 1 heterocycles. The highest BCUT2D eigenvalue weighted by Crippen LogP contribution is 2.30. The summed E-state index contributed by atoms with van der Waals surface area (Å²) in [5.41, 5.74) is 0.606. The van der Waals surface area contributed by atoms with Gasteiger partial charge in [0.1, 0.15) is 0 Å². The quantitative estimate of drug-likeness (QED) is 0.739. The van der Waals surface area contributed by atoms with E-state index in [1.807, 2.05) is 63.2 Å². The van der Waals surface area contributed by atoms with Crippen LogP contribution in [0.1, 0.15) is 34.0 Å². The molecule has 0 aliphatic heterocycles. The lowest BCUT2D eigenvalue weighted by atomic mass is 9.80. The Hall–Kier alpha value is -1.41. The van der Waals surface area contributed by atoms with Crippen LogP contribution in [0.4, 0.5) is 0 Å². The lowest BCUT2D eigenvalue weighted by molar-refractivity contribution is 0.0913. The smallest absolute Gasteiger partial charge is 0.182 e. The van der Waals surface area contributed by atoms with Gasteiger partial charge < -0.3 is 0 Å². The minimum atomic E-state index is -0.460. The van der Waals surface area contributed by atoms with Gasteiger partial charge in [-0.25, -0.2) is 0 Å². The van der Waals surface area contributed by atoms with Crippen molar-refractivity contribution in [3.63, 3.8) is 0 Å². The van der Waals surface area contributed by atoms with Gasteiger partial charge in [0.05, 0.1) is 10.3 Å². The number of carbonyl (C=O) groups excluding carboxylic acids is 1. The van der Waals surface area contributed by atoms with Crippen molar-refractivity contribution < 1.29 is 4.79 Å². The number of benzene rings is 1. The summed E-state index contributed by atoms with van der Waals surface area (Å²) >= 11 is 1.57. The average molecular weight is 244 g/mol. The van der Waals surface area contributed by atoms with Gasteiger partial charge in [0, 0.05) is 4.88 Å². The van der Waals surface area contributed by atoms with Gasteiger partial charge in [0.2, 0.25) is 0 Å². The van der Waals surface area contributed by atoms with E-state index in [-0.39, 0.29) is 5.78 Å². The molecule has 1 nitrogen and oxygen atoms in total. The van der Waals surface area contributed by atoms with E-state index in [0.29, 0.717) is 0 Å². The Balaban J connectivity index is 2.36. The summed E-state index contributed by atoms with van der Waals surface area (Å²) in [5, 5.41) is 0. The number of aryl methyl sites for hydroxylation is 1. The molecule has 88 valence electrons. The molecule has 2 rings (SSSR count). The lowest BCUT2D eigenvalue weighted by Crippen LogP contribution is -2.28. The van der Waals surface area contributed by atoms with Crippen LogP contribution >= 0.6 is 11.3 Å². The molecule has 2 aromatic rings. The van der Waals surface area contributed by atoms with Crippen molar-refractivity contribution in [3.05, 3.63) is 57.8 Å². The van der Waals surface area contributed by atoms with Crippen molar-refractivity contribution in [3.8, 4) is 0 Å². The summed E-state index contributed by atoms with van der Waals surface area (Å²) in [4.78, 5) is 14.5. The molecule has 0 unspecified atom stereocenters. The standard InChI is InChI=1S/C15H16OS/c1-11-9-10-13(17-11)14(16)15(2,3)12-7-5-4-6-8-12/h4-10H,1-3H3. The normalized spacial score (nSPS) is 11.5. The molecule has 2 heteroatoms. The summed E-state index contributed by atoms with van der Waals surface area (Å²) in [6, 6.07) is 13.9. The fraction of sp³-hybridized carbons (Fsp3) is 0.267. The first-order chi connectivity index (χ1) is 8.01. The molecule has 0 N–H and O–H groups in total. The predicted molar refractivity (Wildman–Crippen MR) is 72.9 cm³/mol. The molecule has 0 aliphatic rings. The molecule has 1 aromatic carbocycles. The topological polar surface area (TPSA) is 17.1 Å². The SMILES string of the molecule is Cc1ccc(C(=O)C(C)(C)c2ccccc2)s1. The van der Waals surface area contributed by atoms with Crippen molar-refractivity contribution in [1.29, 1.82) is 0 Å². The molecule has 0 aliphatic carbocycles. The Morgan fingerprint density at radius 3 is 2.24 bits per heavy atom. The first-order valence-electron chi connectivity index (χ1n) is 5.68. The average Bonchev–Trinajstić information content (AvgIpc) is 2.76. The molecule has 0 saturated heterocycles. The van der Waals surface area contributed by atoms with E-state index in [0.717, 1.165) is 10.4 Å². The van der Waals surface area contributed by atoms with Crippen molar-refractivity contribution >= 4 is 17.1 Å². The second-order valence-corrected chi connectivity index (χ2v) is 6.02. The molecule has 0 saturated carbocycles. The van der Waals surface area contributed by atoms with E-state index in [4.69, 9.17) is 0 Å². The van der Waals surface area contributed by atoms with Crippen LogP contribution < -0.4 is 0 Å². The maximum absolute atomic E-state index is 12.5. The highest BCUT2D eigenvalue weighted by molar-refractivity contribution is 7.14. The summed E-state index contributed by atoms with van der Waals surface area (Å²) in [7, 11) is 0. The van der Waals surface area contributed by atoms with E-state index >= 15 is 0 Å². The zero-order valence-electron chi connectivity index (χ0n) is 10.4. The molecule has 1 aromatic heterocycles. The highest BCUT2D eigenvalue weighted by Gasteiger charge is 2.31. The van der Waals surface area contributed by atoms with Crippen LogP contribution in [0.15, 0.2) is 42.5 Å². The third-order valence-corrected chi connectivity index (χ3v) is 4.03. The summed E-state index contributed by atoms with van der Waals surface area (Å²) in [5.74, 6) is 0.196. The number of ketones is 1. The zero-order valence-corrected chi connectivity index (χ0v) is 11.2. The molecule has 17 heavy (non-hydrogen) atoms. The molecule has 0 fully saturated rings. The number of hydrogen-bond donors (Lipinski definition) is 0. The highest BCUT2D eigenvalue weighted by atomic mass is 32.1. The Bertz CT molecular complexity index is 523. The first-order valence-corrected chi connectivity index (χ1v) is 6.50. The van der Waals surface area contributed by atoms with Gasteiger partial charge in [-0.05, 0) is 38.5 Å². The third-order valence-electron chi connectivity index (χ3n) is 3.03. The molecular formula is C15H16OS. The van der Waals surface area contributed by atoms with Crippen molar-refractivity contribution in [1.82, 2.24) is 0 Å². The van der Waals surface area contributed by atoms with E-state index in [2.05, 4.69) is 0 Å². The number of carbonyl (C=O) groups is 1. The monoisotopic (exact) mass is 244 g/mol. The van der Waals surface area contributed by atoms with Crippen molar-refractivity contribution in [2.75, 3.05) is 0 Å². The molecule has 0 bridgehead atoms. The van der Waals surface area contributed by atoms with Crippen molar-refractivity contribution in [2.45, 2.75) is 26.2 Å². The molecule has 0 atom stereocenters. The van der Waals surface area contributed by atoms with Crippen LogP contribution in [-0.2, 0) is 5.41 Å². The summed E-state index contributed by atoms with van der Waals surface area (Å²) < 4.78 is 0. The van der Waals surface area contributed by atoms with E-state index in [1.54, 1.807) is 11.3 Å². The Morgan fingerprint density at radius 1 is 1.06 bits per heavy atom. The maximum Gasteiger partial charge on any atom is 0.182 e.